The number of pyridine rings is 1. The van der Waals surface area contributed by atoms with Crippen LogP contribution in [0.2, 0.25) is 0 Å². The van der Waals surface area contributed by atoms with Gasteiger partial charge < -0.3 is 25.2 Å². The van der Waals surface area contributed by atoms with E-state index in [9.17, 15) is 14.7 Å². The number of carboxylic acids is 1. The minimum Gasteiger partial charge on any atom is -0.478 e. The molecule has 2 atom stereocenters. The van der Waals surface area contributed by atoms with Gasteiger partial charge in [-0.15, -0.1) is 0 Å². The Bertz CT molecular complexity index is 1470. The number of hydrogen-bond donors (Lipinski definition) is 3. The van der Waals surface area contributed by atoms with Gasteiger partial charge in [0.25, 0.3) is 0 Å². The number of carbonyl (C=O) groups excluding carboxylic acids is 1. The maximum Gasteiger partial charge on any atom is 0.335 e. The predicted octanol–water partition coefficient (Wildman–Crippen LogP) is 4.88. The van der Waals surface area contributed by atoms with Crippen LogP contribution in [0.1, 0.15) is 45.8 Å². The molecule has 1 saturated heterocycles. The third-order valence-corrected chi connectivity index (χ3v) is 6.92. The molecule has 9 heteroatoms. The Morgan fingerprint density at radius 3 is 2.61 bits per heavy atom. The van der Waals surface area contributed by atoms with Gasteiger partial charge in [-0.2, -0.15) is 0 Å². The van der Waals surface area contributed by atoms with Crippen molar-refractivity contribution in [3.63, 3.8) is 0 Å². The van der Waals surface area contributed by atoms with Gasteiger partial charge in [0.2, 0.25) is 5.91 Å². The third-order valence-electron chi connectivity index (χ3n) is 6.57. The van der Waals surface area contributed by atoms with E-state index in [-0.39, 0.29) is 30.0 Å². The van der Waals surface area contributed by atoms with Crippen LogP contribution in [0.4, 0.5) is 5.69 Å². The minimum absolute atomic E-state index is 0.110. The molecule has 3 N–H and O–H groups in total. The summed E-state index contributed by atoms with van der Waals surface area (Å²) >= 11 is 5.75. The van der Waals surface area contributed by atoms with Crippen LogP contribution in [-0.2, 0) is 4.79 Å². The Balaban J connectivity index is 1.45. The largest absolute Gasteiger partial charge is 0.478 e. The molecule has 192 valence electrons. The van der Waals surface area contributed by atoms with E-state index in [1.54, 1.807) is 24.4 Å². The highest BCUT2D eigenvalue weighted by Crippen LogP contribution is 2.39. The lowest BCUT2D eigenvalue weighted by Crippen LogP contribution is -2.33. The Morgan fingerprint density at radius 1 is 1.05 bits per heavy atom. The fourth-order valence-corrected chi connectivity index (χ4v) is 5.04. The van der Waals surface area contributed by atoms with Crippen molar-refractivity contribution in [2.75, 3.05) is 11.9 Å². The lowest BCUT2D eigenvalue weighted by atomic mass is 10.0. The van der Waals surface area contributed by atoms with Crippen LogP contribution in [0, 0.1) is 6.92 Å². The lowest BCUT2D eigenvalue weighted by molar-refractivity contribution is -0.116. The first kappa shape index (κ1) is 25.2. The van der Waals surface area contributed by atoms with Gasteiger partial charge in [0.1, 0.15) is 0 Å². The molecule has 2 aromatic heterocycles. The molecule has 2 aromatic carbocycles. The van der Waals surface area contributed by atoms with Gasteiger partial charge in [-0.05, 0) is 73.7 Å². The molecule has 0 saturated carbocycles. The second kappa shape index (κ2) is 10.9. The fourth-order valence-electron chi connectivity index (χ4n) is 4.71. The molecule has 0 bridgehead atoms. The number of benzene rings is 2. The lowest BCUT2D eigenvalue weighted by Gasteiger charge is -2.29. The van der Waals surface area contributed by atoms with E-state index in [0.717, 1.165) is 28.3 Å². The number of thiocarbonyl (C=S) groups is 1. The molecule has 1 aliphatic rings. The summed E-state index contributed by atoms with van der Waals surface area (Å²) in [5.74, 6) is -1.10. The van der Waals surface area contributed by atoms with Gasteiger partial charge in [0.15, 0.2) is 5.11 Å². The molecule has 8 nitrogen and oxygen atoms in total. The van der Waals surface area contributed by atoms with E-state index in [1.165, 1.54) is 0 Å². The van der Waals surface area contributed by atoms with Crippen LogP contribution >= 0.6 is 12.2 Å². The molecule has 0 aliphatic carbocycles. The number of hydrogen-bond acceptors (Lipinski definition) is 4. The quantitative estimate of drug-likeness (QED) is 0.282. The molecule has 38 heavy (non-hydrogen) atoms. The van der Waals surface area contributed by atoms with Crippen molar-refractivity contribution < 1.29 is 14.7 Å². The average Bonchev–Trinajstić information content (AvgIpc) is 3.53. The van der Waals surface area contributed by atoms with Crippen LogP contribution in [0.3, 0.4) is 0 Å². The topological polar surface area (TPSA) is 99.5 Å². The van der Waals surface area contributed by atoms with E-state index in [4.69, 9.17) is 12.2 Å². The number of aromatic nitrogens is 2. The van der Waals surface area contributed by atoms with Crippen molar-refractivity contribution in [1.29, 1.82) is 0 Å². The Hall–Kier alpha value is -4.50. The number of aryl methyl sites for hydroxylation is 1. The minimum atomic E-state index is -0.989. The molecule has 3 heterocycles. The summed E-state index contributed by atoms with van der Waals surface area (Å²) < 4.78 is 1.96. The molecule has 1 fully saturated rings. The van der Waals surface area contributed by atoms with Gasteiger partial charge >= 0.3 is 5.97 Å². The highest BCUT2D eigenvalue weighted by atomic mass is 32.1. The van der Waals surface area contributed by atoms with Gasteiger partial charge in [-0.3, -0.25) is 9.78 Å². The second-order valence-corrected chi connectivity index (χ2v) is 9.53. The Labute approximate surface area is 225 Å². The van der Waals surface area contributed by atoms with E-state index in [2.05, 4.69) is 15.6 Å². The summed E-state index contributed by atoms with van der Waals surface area (Å²) in [4.78, 5) is 31.0. The molecule has 0 spiro atoms. The summed E-state index contributed by atoms with van der Waals surface area (Å²) in [7, 11) is 0. The maximum atomic E-state index is 12.8. The van der Waals surface area contributed by atoms with Crippen LogP contribution in [0.5, 0.6) is 0 Å². The van der Waals surface area contributed by atoms with E-state index in [1.807, 2.05) is 83.3 Å². The third kappa shape index (κ3) is 5.28. The van der Waals surface area contributed by atoms with Crippen molar-refractivity contribution in [1.82, 2.24) is 19.8 Å². The highest BCUT2D eigenvalue weighted by Gasteiger charge is 2.41. The number of carboxylic acid groups (broad SMARTS) is 1. The first-order valence-corrected chi connectivity index (χ1v) is 12.7. The van der Waals surface area contributed by atoms with Crippen molar-refractivity contribution in [2.45, 2.75) is 25.4 Å². The zero-order valence-electron chi connectivity index (χ0n) is 20.7. The number of nitrogens with zero attached hydrogens (tertiary/aromatic N) is 3. The fraction of sp³-hybridized carbons (Fsp3) is 0.172. The van der Waals surface area contributed by atoms with Crippen LogP contribution < -0.4 is 10.6 Å². The SMILES string of the molecule is Cc1ccc(NC(=O)CCN2C(=S)N[C@@H](c3ccccn3)[C@H]2c2cccn2-c2cccc(C(=O)O)c2)cc1. The van der Waals surface area contributed by atoms with E-state index < -0.39 is 5.97 Å². The summed E-state index contributed by atoms with van der Waals surface area (Å²) in [6.45, 7) is 2.39. The second-order valence-electron chi connectivity index (χ2n) is 9.14. The summed E-state index contributed by atoms with van der Waals surface area (Å²) in [5, 5.41) is 16.4. The van der Waals surface area contributed by atoms with E-state index in [0.29, 0.717) is 11.7 Å². The average molecular weight is 526 g/mol. The van der Waals surface area contributed by atoms with Gasteiger partial charge in [0, 0.05) is 42.4 Å². The summed E-state index contributed by atoms with van der Waals surface area (Å²) in [6.07, 6.45) is 3.87. The first-order valence-electron chi connectivity index (χ1n) is 12.3. The molecule has 4 aromatic rings. The van der Waals surface area contributed by atoms with Gasteiger partial charge in [-0.25, -0.2) is 4.79 Å². The number of amides is 1. The molecule has 0 unspecified atom stereocenters. The van der Waals surface area contributed by atoms with Gasteiger partial charge in [0.05, 0.1) is 23.3 Å². The van der Waals surface area contributed by atoms with Crippen LogP contribution in [0.25, 0.3) is 5.69 Å². The molecule has 1 aliphatic heterocycles. The van der Waals surface area contributed by atoms with Crippen LogP contribution in [-0.4, -0.2) is 43.1 Å². The molecule has 0 radical (unpaired) electrons. The Morgan fingerprint density at radius 2 is 1.87 bits per heavy atom. The van der Waals surface area contributed by atoms with Crippen molar-refractivity contribution in [3.8, 4) is 5.69 Å². The van der Waals surface area contributed by atoms with Crippen molar-refractivity contribution in [2.24, 2.45) is 0 Å². The standard InChI is InChI=1S/C29H27N5O3S/c1-19-10-12-21(13-11-19)31-25(35)14-17-34-27(26(32-29(34)38)23-8-2-3-15-30-23)24-9-5-16-33(24)22-7-4-6-20(18-22)28(36)37/h2-13,15-16,18,26-27H,14,17H2,1H3,(H,31,35)(H,32,38)(H,36,37)/t26-,27+/m0/s1. The number of nitrogens with one attached hydrogen (secondary N) is 2. The normalized spacial score (nSPS) is 16.8. The smallest absolute Gasteiger partial charge is 0.335 e. The first-order chi connectivity index (χ1) is 18.4. The Kier molecular flexibility index (Phi) is 7.19. The zero-order valence-corrected chi connectivity index (χ0v) is 21.6. The summed E-state index contributed by atoms with van der Waals surface area (Å²) in [5.41, 5.74) is 4.51. The van der Waals surface area contributed by atoms with Crippen molar-refractivity contribution in [3.05, 3.63) is 114 Å². The number of aromatic carboxylic acids is 1. The van der Waals surface area contributed by atoms with E-state index >= 15 is 0 Å². The predicted molar refractivity (Wildman–Crippen MR) is 149 cm³/mol. The molecule has 1 amide bonds. The monoisotopic (exact) mass is 525 g/mol. The van der Waals surface area contributed by atoms with Gasteiger partial charge in [-0.1, -0.05) is 29.8 Å². The molecular formula is C29H27N5O3S. The summed E-state index contributed by atoms with van der Waals surface area (Å²) in [6, 6.07) is 23.6. The number of anilines is 1. The number of rotatable bonds is 8. The van der Waals surface area contributed by atoms with Crippen LogP contribution in [0.15, 0.2) is 91.3 Å². The molecule has 5 rings (SSSR count). The number of carbonyl (C=O) groups is 2. The van der Waals surface area contributed by atoms with Crippen molar-refractivity contribution >= 4 is 34.9 Å². The highest BCUT2D eigenvalue weighted by molar-refractivity contribution is 7.80. The zero-order chi connectivity index (χ0) is 26.6. The molecular weight excluding hydrogens is 498 g/mol. The maximum absolute atomic E-state index is 12.8.